The van der Waals surface area contributed by atoms with Crippen LogP contribution in [-0.2, 0) is 15.0 Å². The van der Waals surface area contributed by atoms with Crippen LogP contribution < -0.4 is 22.1 Å². The molecule has 3 N–H and O–H groups in total. The Morgan fingerprint density at radius 3 is 2.42 bits per heavy atom. The molecular weight excluding hydrogens is 326 g/mol. The van der Waals surface area contributed by atoms with Crippen molar-refractivity contribution in [3.63, 3.8) is 0 Å². The van der Waals surface area contributed by atoms with E-state index in [0.29, 0.717) is 0 Å². The van der Waals surface area contributed by atoms with Crippen LogP contribution in [0.5, 0.6) is 0 Å². The summed E-state index contributed by atoms with van der Waals surface area (Å²) in [6.45, 7) is 1.42. The summed E-state index contributed by atoms with van der Waals surface area (Å²) in [6, 6.07) is 2.92. The highest BCUT2D eigenvalue weighted by molar-refractivity contribution is 6.57. The second-order valence-corrected chi connectivity index (χ2v) is 6.29. The first kappa shape index (κ1) is 18.4. The normalized spacial score (nSPS) is 25.2. The molecule has 2 amide bonds. The minimum absolute atomic E-state index is 0.0121. The lowest BCUT2D eigenvalue weighted by Gasteiger charge is -2.49. The Hall–Kier alpha value is -2.38. The van der Waals surface area contributed by atoms with Crippen LogP contribution in [0.2, 0.25) is 11.0 Å². The molecule has 1 aliphatic heterocycles. The molecule has 1 saturated heterocycles. The number of aryl methyl sites for hydroxylation is 1. The van der Waals surface area contributed by atoms with Gasteiger partial charge in [0.15, 0.2) is 0 Å². The molecule has 2 atom stereocenters. The van der Waals surface area contributed by atoms with E-state index in [2.05, 4.69) is 4.98 Å². The second kappa shape index (κ2) is 5.56. The zero-order chi connectivity index (χ0) is 19.6. The number of benzene rings is 1. The molecule has 0 spiro atoms. The maximum atomic E-state index is 13.1. The van der Waals surface area contributed by atoms with Crippen molar-refractivity contribution >= 4 is 73.1 Å². The zero-order valence-electron chi connectivity index (χ0n) is 13.8. The van der Waals surface area contributed by atoms with Gasteiger partial charge in [-0.3, -0.25) is 24.3 Å². The van der Waals surface area contributed by atoms with Crippen LogP contribution in [0.25, 0.3) is 10.9 Å². The van der Waals surface area contributed by atoms with Crippen molar-refractivity contribution in [2.24, 2.45) is 0 Å². The van der Waals surface area contributed by atoms with E-state index in [-0.39, 0.29) is 27.9 Å². The maximum Gasteiger partial charge on any atom is 0.263 e. The molecule has 1 aromatic carbocycles. The summed E-state index contributed by atoms with van der Waals surface area (Å²) in [5, 5.41) is -0.307. The molecule has 12 heteroatoms. The van der Waals surface area contributed by atoms with Crippen LogP contribution in [0.4, 0.5) is 5.69 Å². The molecule has 1 fully saturated rings. The highest BCUT2D eigenvalue weighted by Crippen LogP contribution is 2.45. The number of carbonyl (C=O) groups is 2. The van der Waals surface area contributed by atoms with Crippen LogP contribution in [0.3, 0.4) is 0 Å². The van der Waals surface area contributed by atoms with Crippen molar-refractivity contribution in [1.82, 2.24) is 14.9 Å². The first-order valence-corrected chi connectivity index (χ1v) is 7.50. The lowest BCUT2D eigenvalue weighted by molar-refractivity contribution is -0.138. The molecule has 3 rings (SSSR count). The summed E-state index contributed by atoms with van der Waals surface area (Å²) >= 11 is 0. The number of hydrogen-bond donors (Lipinski definition) is 2. The molecule has 0 aliphatic carbocycles. The van der Waals surface area contributed by atoms with Crippen LogP contribution in [-0.4, -0.2) is 60.6 Å². The third kappa shape index (κ3) is 2.20. The summed E-state index contributed by atoms with van der Waals surface area (Å²) in [4.78, 5) is 41.8. The van der Waals surface area contributed by atoms with Crippen LogP contribution in [0.15, 0.2) is 16.9 Å². The van der Waals surface area contributed by atoms with Gasteiger partial charge >= 0.3 is 0 Å². The van der Waals surface area contributed by atoms with Gasteiger partial charge in [-0.1, -0.05) is 17.3 Å². The van der Waals surface area contributed by atoms with Crippen LogP contribution in [0, 0.1) is 6.92 Å². The van der Waals surface area contributed by atoms with Crippen LogP contribution in [0.1, 0.15) is 5.82 Å². The average Bonchev–Trinajstić information content (AvgIpc) is 2.55. The third-order valence-electron chi connectivity index (χ3n) is 4.60. The standard InChI is InChI=1S/C14H9B5N4O3/c1-4-21-8-5(15)2-3-6(20)7(8)9(24)23(4)14(19)10(16)13(17,18)11(25)22-12(14)26/h2-3,10H,20H2,1H3,(H,22,25,26). The van der Waals surface area contributed by atoms with E-state index in [4.69, 9.17) is 45.0 Å². The monoisotopic (exact) mass is 336 g/mol. The number of nitrogens with two attached hydrogens (primary N) is 1. The topological polar surface area (TPSA) is 107 Å². The van der Waals surface area contributed by atoms with Crippen molar-refractivity contribution in [3.8, 4) is 0 Å². The van der Waals surface area contributed by atoms with Crippen LogP contribution >= 0.6 is 0 Å². The number of amides is 2. The number of hydrogen-bond acceptors (Lipinski definition) is 5. The van der Waals surface area contributed by atoms with Gasteiger partial charge in [-0.05, 0) is 18.2 Å². The van der Waals surface area contributed by atoms with Gasteiger partial charge in [-0.25, -0.2) is 4.98 Å². The van der Waals surface area contributed by atoms with Crippen molar-refractivity contribution in [1.29, 1.82) is 0 Å². The van der Waals surface area contributed by atoms with Crippen molar-refractivity contribution < 1.29 is 9.59 Å². The quantitative estimate of drug-likeness (QED) is 0.327. The number of aromatic nitrogens is 2. The Morgan fingerprint density at radius 2 is 1.81 bits per heavy atom. The van der Waals surface area contributed by atoms with E-state index >= 15 is 0 Å². The number of rotatable bonds is 1. The first-order chi connectivity index (χ1) is 11.9. The zero-order valence-corrected chi connectivity index (χ0v) is 13.8. The molecule has 7 nitrogen and oxygen atoms in total. The number of carbonyl (C=O) groups excluding carboxylic acids is 2. The van der Waals surface area contributed by atoms with Gasteiger partial charge in [-0.2, -0.15) is 0 Å². The Morgan fingerprint density at radius 1 is 1.19 bits per heavy atom. The minimum Gasteiger partial charge on any atom is -0.398 e. The van der Waals surface area contributed by atoms with E-state index in [1.165, 1.54) is 19.1 Å². The Balaban J connectivity index is 2.42. The maximum absolute atomic E-state index is 13.1. The lowest BCUT2D eigenvalue weighted by atomic mass is 9.35. The fourth-order valence-corrected chi connectivity index (χ4v) is 3.07. The summed E-state index contributed by atoms with van der Waals surface area (Å²) in [5.41, 5.74) is 3.28. The van der Waals surface area contributed by atoms with Gasteiger partial charge in [0.25, 0.3) is 5.56 Å². The summed E-state index contributed by atoms with van der Waals surface area (Å²) in [7, 11) is 29.5. The van der Waals surface area contributed by atoms with E-state index in [0.717, 1.165) is 4.57 Å². The number of anilines is 1. The fourth-order valence-electron chi connectivity index (χ4n) is 3.07. The summed E-state index contributed by atoms with van der Waals surface area (Å²) < 4.78 is 0.825. The SMILES string of the molecule is [B]c1ccc(N)c2c(=O)n(C3([B])C(=O)NC(=O)C([B])([B])C3[B])c(C)nc12. The van der Waals surface area contributed by atoms with Crippen molar-refractivity contribution in [3.05, 3.63) is 28.3 Å². The Bertz CT molecular complexity index is 1040. The number of nitrogens with one attached hydrogen (secondary N) is 1. The molecule has 0 bridgehead atoms. The molecule has 2 heterocycles. The van der Waals surface area contributed by atoms with E-state index in [9.17, 15) is 14.4 Å². The number of imide groups is 1. The number of nitrogen functional groups attached to an aromatic ring is 1. The highest BCUT2D eigenvalue weighted by atomic mass is 16.2. The highest BCUT2D eigenvalue weighted by Gasteiger charge is 2.54. The molecular formula is C14H9B5N4O3. The fraction of sp³-hybridized carbons (Fsp3) is 0.286. The first-order valence-electron chi connectivity index (χ1n) is 7.50. The average molecular weight is 335 g/mol. The molecule has 0 saturated carbocycles. The van der Waals surface area contributed by atoms with E-state index in [1.807, 2.05) is 5.32 Å². The van der Waals surface area contributed by atoms with Gasteiger partial charge in [0.1, 0.15) is 21.5 Å². The van der Waals surface area contributed by atoms with E-state index < -0.39 is 33.8 Å². The smallest absolute Gasteiger partial charge is 0.263 e. The number of piperidine rings is 1. The molecule has 1 aliphatic rings. The van der Waals surface area contributed by atoms with Gasteiger partial charge in [0.05, 0.1) is 39.9 Å². The molecule has 2 aromatic rings. The van der Waals surface area contributed by atoms with Gasteiger partial charge < -0.3 is 5.73 Å². The summed E-state index contributed by atoms with van der Waals surface area (Å²) in [6.07, 6.45) is 0. The molecule has 10 radical (unpaired) electrons. The van der Waals surface area contributed by atoms with Gasteiger partial charge in [-0.15, -0.1) is 0 Å². The predicted octanol–water partition coefficient (Wildman–Crippen LogP) is -3.03. The largest absolute Gasteiger partial charge is 0.398 e. The molecule has 2 unspecified atom stereocenters. The molecule has 1 aromatic heterocycles. The van der Waals surface area contributed by atoms with Crippen molar-refractivity contribution in [2.45, 2.75) is 23.4 Å². The predicted molar refractivity (Wildman–Crippen MR) is 101 cm³/mol. The third-order valence-corrected chi connectivity index (χ3v) is 4.60. The van der Waals surface area contributed by atoms with Crippen molar-refractivity contribution in [2.75, 3.05) is 5.73 Å². The summed E-state index contributed by atoms with van der Waals surface area (Å²) in [5.74, 6) is -3.68. The minimum atomic E-state index is -2.28. The van der Waals surface area contributed by atoms with E-state index in [1.54, 1.807) is 0 Å². The van der Waals surface area contributed by atoms with Gasteiger partial charge in [0.2, 0.25) is 11.8 Å². The van der Waals surface area contributed by atoms with Gasteiger partial charge in [0, 0.05) is 5.69 Å². The molecule has 26 heavy (non-hydrogen) atoms. The lowest BCUT2D eigenvalue weighted by Crippen LogP contribution is -2.66. The Labute approximate surface area is 155 Å². The Kier molecular flexibility index (Phi) is 3.94. The second-order valence-electron chi connectivity index (χ2n) is 6.29. The number of nitrogens with zero attached hydrogens (tertiary/aromatic N) is 2. The molecule has 118 valence electrons. The number of fused-ring (bicyclic) bond motifs is 1.